The van der Waals surface area contributed by atoms with Crippen molar-refractivity contribution in [1.82, 2.24) is 0 Å². The molecule has 0 unspecified atom stereocenters. The van der Waals surface area contributed by atoms with Gasteiger partial charge in [-0.15, -0.1) is 0 Å². The van der Waals surface area contributed by atoms with Crippen LogP contribution in [0.25, 0.3) is 11.6 Å². The fraction of sp³-hybridized carbons (Fsp3) is 0.120. The zero-order valence-corrected chi connectivity index (χ0v) is 18.0. The molecule has 0 aliphatic heterocycles. The fourth-order valence-electron chi connectivity index (χ4n) is 2.93. The second-order valence-corrected chi connectivity index (χ2v) is 6.97. The lowest BCUT2D eigenvalue weighted by atomic mass is 10.0. The zero-order chi connectivity index (χ0) is 22.2. The van der Waals surface area contributed by atoms with E-state index in [1.54, 1.807) is 26.2 Å². The summed E-state index contributed by atoms with van der Waals surface area (Å²) in [6.45, 7) is 1.98. The first-order valence-corrected chi connectivity index (χ1v) is 10.1. The van der Waals surface area contributed by atoms with Crippen molar-refractivity contribution in [3.05, 3.63) is 94.5 Å². The molecule has 1 N–H and O–H groups in total. The highest BCUT2D eigenvalue weighted by Gasteiger charge is 2.15. The third kappa shape index (κ3) is 5.74. The van der Waals surface area contributed by atoms with Crippen LogP contribution in [0.2, 0.25) is 5.02 Å². The van der Waals surface area contributed by atoms with E-state index in [4.69, 9.17) is 21.1 Å². The predicted octanol–water partition coefficient (Wildman–Crippen LogP) is 5.70. The van der Waals surface area contributed by atoms with E-state index in [0.29, 0.717) is 11.3 Å². The highest BCUT2D eigenvalue weighted by atomic mass is 35.5. The number of amides is 1. The van der Waals surface area contributed by atoms with E-state index in [9.17, 15) is 9.59 Å². The van der Waals surface area contributed by atoms with E-state index < -0.39 is 5.97 Å². The summed E-state index contributed by atoms with van der Waals surface area (Å²) in [6, 6.07) is 21.5. The molecule has 5 nitrogen and oxygen atoms in total. The highest BCUT2D eigenvalue weighted by molar-refractivity contribution is 6.34. The van der Waals surface area contributed by atoms with E-state index in [0.717, 1.165) is 16.9 Å². The van der Waals surface area contributed by atoms with E-state index in [1.807, 2.05) is 54.6 Å². The number of carbonyl (C=O) groups excluding carboxylic acids is 2. The standard InChI is InChI=1S/C25H22ClNO4/c1-3-31-25(29)21-14-11-19(16-23(21)26)27-24(28)22(18-7-5-4-6-8-18)15-17-9-12-20(30-2)13-10-17/h4-16H,3H2,1-2H3,(H,27,28)/b22-15+. The Morgan fingerprint density at radius 3 is 2.32 bits per heavy atom. The molecule has 0 heterocycles. The van der Waals surface area contributed by atoms with Crippen molar-refractivity contribution in [2.24, 2.45) is 0 Å². The maximum atomic E-state index is 13.1. The van der Waals surface area contributed by atoms with Crippen LogP contribution in [0.1, 0.15) is 28.4 Å². The molecular weight excluding hydrogens is 414 g/mol. The average molecular weight is 436 g/mol. The summed E-state index contributed by atoms with van der Waals surface area (Å²) in [4.78, 5) is 25.1. The number of nitrogens with one attached hydrogen (secondary N) is 1. The van der Waals surface area contributed by atoms with E-state index in [-0.39, 0.29) is 23.1 Å². The summed E-state index contributed by atoms with van der Waals surface area (Å²) in [6.07, 6.45) is 1.80. The number of rotatable bonds is 7. The van der Waals surface area contributed by atoms with Crippen molar-refractivity contribution in [3.63, 3.8) is 0 Å². The van der Waals surface area contributed by atoms with Crippen LogP contribution in [0.15, 0.2) is 72.8 Å². The number of ether oxygens (including phenoxy) is 2. The molecule has 3 rings (SSSR count). The van der Waals surface area contributed by atoms with Crippen LogP contribution >= 0.6 is 11.6 Å². The van der Waals surface area contributed by atoms with Gasteiger partial charge >= 0.3 is 5.97 Å². The minimum Gasteiger partial charge on any atom is -0.497 e. The molecule has 31 heavy (non-hydrogen) atoms. The van der Waals surface area contributed by atoms with Gasteiger partial charge in [0.25, 0.3) is 5.91 Å². The smallest absolute Gasteiger partial charge is 0.339 e. The first kappa shape index (κ1) is 22.1. The predicted molar refractivity (Wildman–Crippen MR) is 123 cm³/mol. The largest absolute Gasteiger partial charge is 0.497 e. The SMILES string of the molecule is CCOC(=O)c1ccc(NC(=O)/C(=C/c2ccc(OC)cc2)c2ccccc2)cc1Cl. The number of anilines is 1. The summed E-state index contributed by atoms with van der Waals surface area (Å²) in [5.74, 6) is -0.0732. The second kappa shape index (κ2) is 10.5. The Hall–Kier alpha value is -3.57. The molecule has 0 aliphatic carbocycles. The van der Waals surface area contributed by atoms with Gasteiger partial charge in [0.1, 0.15) is 5.75 Å². The van der Waals surface area contributed by atoms with Crippen molar-refractivity contribution in [1.29, 1.82) is 0 Å². The van der Waals surface area contributed by atoms with Gasteiger partial charge in [-0.1, -0.05) is 54.1 Å². The molecule has 3 aromatic rings. The van der Waals surface area contributed by atoms with Crippen molar-refractivity contribution in [2.45, 2.75) is 6.92 Å². The summed E-state index contributed by atoms with van der Waals surface area (Å²) >= 11 is 6.22. The summed E-state index contributed by atoms with van der Waals surface area (Å²) in [5, 5.41) is 3.06. The molecule has 0 saturated carbocycles. The lowest BCUT2D eigenvalue weighted by molar-refractivity contribution is -0.111. The van der Waals surface area contributed by atoms with Crippen LogP contribution in [-0.2, 0) is 9.53 Å². The quantitative estimate of drug-likeness (QED) is 0.293. The maximum absolute atomic E-state index is 13.1. The molecule has 0 aliphatic rings. The van der Waals surface area contributed by atoms with Gasteiger partial charge in [-0.25, -0.2) is 4.79 Å². The first-order valence-electron chi connectivity index (χ1n) is 9.71. The summed E-state index contributed by atoms with van der Waals surface area (Å²) in [7, 11) is 1.60. The van der Waals surface area contributed by atoms with Crippen molar-refractivity contribution >= 4 is 40.8 Å². The number of carbonyl (C=O) groups is 2. The van der Waals surface area contributed by atoms with Gasteiger partial charge in [-0.2, -0.15) is 0 Å². The molecule has 3 aromatic carbocycles. The summed E-state index contributed by atoms with van der Waals surface area (Å²) < 4.78 is 10.2. The Morgan fingerprint density at radius 1 is 1.00 bits per heavy atom. The lowest BCUT2D eigenvalue weighted by Gasteiger charge is -2.11. The molecule has 0 aromatic heterocycles. The Labute approximate surface area is 186 Å². The number of methoxy groups -OCH3 is 1. The highest BCUT2D eigenvalue weighted by Crippen LogP contribution is 2.25. The molecule has 158 valence electrons. The lowest BCUT2D eigenvalue weighted by Crippen LogP contribution is -2.14. The Balaban J connectivity index is 1.89. The van der Waals surface area contributed by atoms with Crippen molar-refractivity contribution in [2.75, 3.05) is 19.0 Å². The van der Waals surface area contributed by atoms with Gasteiger partial charge in [0.2, 0.25) is 0 Å². The normalized spacial score (nSPS) is 11.0. The fourth-order valence-corrected chi connectivity index (χ4v) is 3.19. The molecule has 0 bridgehead atoms. The topological polar surface area (TPSA) is 64.6 Å². The van der Waals surface area contributed by atoms with Crippen LogP contribution in [-0.4, -0.2) is 25.6 Å². The van der Waals surface area contributed by atoms with Crippen LogP contribution in [0.3, 0.4) is 0 Å². The second-order valence-electron chi connectivity index (χ2n) is 6.57. The Kier molecular flexibility index (Phi) is 7.46. The van der Waals surface area contributed by atoms with Gasteiger partial charge in [-0.05, 0) is 54.5 Å². The van der Waals surface area contributed by atoms with Gasteiger partial charge < -0.3 is 14.8 Å². The Bertz CT molecular complexity index is 1090. The number of esters is 1. The van der Waals surface area contributed by atoms with Crippen molar-refractivity contribution in [3.8, 4) is 5.75 Å². The molecular formula is C25H22ClNO4. The van der Waals surface area contributed by atoms with Crippen LogP contribution < -0.4 is 10.1 Å². The molecule has 0 radical (unpaired) electrons. The molecule has 0 fully saturated rings. The number of hydrogen-bond acceptors (Lipinski definition) is 4. The van der Waals surface area contributed by atoms with Crippen LogP contribution in [0.5, 0.6) is 5.75 Å². The molecule has 1 amide bonds. The monoisotopic (exact) mass is 435 g/mol. The van der Waals surface area contributed by atoms with Crippen LogP contribution in [0.4, 0.5) is 5.69 Å². The average Bonchev–Trinajstić information content (AvgIpc) is 2.78. The maximum Gasteiger partial charge on any atom is 0.339 e. The van der Waals surface area contributed by atoms with E-state index >= 15 is 0 Å². The molecule has 0 spiro atoms. The zero-order valence-electron chi connectivity index (χ0n) is 17.2. The van der Waals surface area contributed by atoms with E-state index in [2.05, 4.69) is 5.32 Å². The first-order chi connectivity index (χ1) is 15.0. The minimum absolute atomic E-state index is 0.205. The third-order valence-electron chi connectivity index (χ3n) is 4.48. The number of hydrogen-bond donors (Lipinski definition) is 1. The number of benzene rings is 3. The van der Waals surface area contributed by atoms with Crippen LogP contribution in [0, 0.1) is 0 Å². The summed E-state index contributed by atoms with van der Waals surface area (Å²) in [5.41, 5.74) is 2.82. The van der Waals surface area contributed by atoms with Gasteiger partial charge in [-0.3, -0.25) is 4.79 Å². The van der Waals surface area contributed by atoms with Crippen molar-refractivity contribution < 1.29 is 19.1 Å². The minimum atomic E-state index is -0.505. The van der Waals surface area contributed by atoms with Gasteiger partial charge in [0.05, 0.1) is 24.3 Å². The molecule has 6 heteroatoms. The Morgan fingerprint density at radius 2 is 1.71 bits per heavy atom. The third-order valence-corrected chi connectivity index (χ3v) is 4.79. The van der Waals surface area contributed by atoms with Gasteiger partial charge in [0.15, 0.2) is 0 Å². The van der Waals surface area contributed by atoms with E-state index in [1.165, 1.54) is 12.1 Å². The van der Waals surface area contributed by atoms with Gasteiger partial charge in [0, 0.05) is 11.3 Å². The molecule has 0 saturated heterocycles. The molecule has 0 atom stereocenters. The number of halogens is 1.